The van der Waals surface area contributed by atoms with Crippen LogP contribution in [0.3, 0.4) is 0 Å². The molecule has 1 heterocycles. The first-order valence-corrected chi connectivity index (χ1v) is 11.8. The van der Waals surface area contributed by atoms with E-state index in [4.69, 9.17) is 4.74 Å². The lowest BCUT2D eigenvalue weighted by atomic mass is 10.1. The predicted molar refractivity (Wildman–Crippen MR) is 134 cm³/mol. The Bertz CT molecular complexity index is 1040. The molecule has 0 spiro atoms. The van der Waals surface area contributed by atoms with Gasteiger partial charge in [-0.15, -0.1) is 0 Å². The highest BCUT2D eigenvalue weighted by Gasteiger charge is 2.18. The van der Waals surface area contributed by atoms with Crippen molar-refractivity contribution in [2.75, 3.05) is 13.1 Å². The molecule has 4 rings (SSSR count). The van der Waals surface area contributed by atoms with E-state index in [2.05, 4.69) is 36.1 Å². The molecule has 1 aliphatic rings. The highest BCUT2D eigenvalue weighted by Crippen LogP contribution is 2.16. The topological polar surface area (TPSA) is 66.8 Å². The number of carbonyl (C=O) groups excluding carboxylic acids is 2. The van der Waals surface area contributed by atoms with Crippen molar-refractivity contribution in [1.82, 2.24) is 4.90 Å². The molecule has 1 N–H and O–H groups in total. The van der Waals surface area contributed by atoms with Gasteiger partial charge in [0.05, 0.1) is 0 Å². The van der Waals surface area contributed by atoms with Crippen LogP contribution in [0.15, 0.2) is 78.9 Å². The first-order chi connectivity index (χ1) is 16.4. The molecule has 1 saturated heterocycles. The number of nitrogens with zero attached hydrogens (tertiary/aromatic N) is 1. The van der Waals surface area contributed by atoms with Gasteiger partial charge in [0.2, 0.25) is 5.78 Å². The molecule has 34 heavy (non-hydrogen) atoms. The number of likely N-dealkylation sites (tertiary alicyclic amines) is 1. The van der Waals surface area contributed by atoms with Crippen molar-refractivity contribution in [2.45, 2.75) is 45.9 Å². The number of ether oxygens (including phenoxy) is 1. The molecule has 3 aromatic carbocycles. The lowest BCUT2D eigenvalue weighted by Gasteiger charge is -2.26. The summed E-state index contributed by atoms with van der Waals surface area (Å²) in [7, 11) is 0. The van der Waals surface area contributed by atoms with Crippen LogP contribution in [0.25, 0.3) is 0 Å². The van der Waals surface area contributed by atoms with E-state index >= 15 is 0 Å². The zero-order chi connectivity index (χ0) is 24.3. The minimum absolute atomic E-state index is 0.0579. The number of aliphatic hydroxyl groups excluding tert-OH is 1. The largest absolute Gasteiger partial charge is 0.457 e. The third kappa shape index (κ3) is 7.94. The Kier molecular flexibility index (Phi) is 9.56. The molecule has 1 unspecified atom stereocenters. The van der Waals surface area contributed by atoms with Crippen molar-refractivity contribution in [3.63, 3.8) is 0 Å². The normalized spacial score (nSPS) is 14.4. The third-order valence-electron chi connectivity index (χ3n) is 5.77. The van der Waals surface area contributed by atoms with Gasteiger partial charge < -0.3 is 9.84 Å². The van der Waals surface area contributed by atoms with Gasteiger partial charge in [-0.1, -0.05) is 66.6 Å². The maximum absolute atomic E-state index is 11.9. The number of piperidine rings is 1. The lowest BCUT2D eigenvalue weighted by molar-refractivity contribution is -0.00294. The zero-order valence-corrected chi connectivity index (χ0v) is 19.9. The molecule has 1 aliphatic heterocycles. The van der Waals surface area contributed by atoms with Crippen molar-refractivity contribution >= 4 is 11.6 Å². The van der Waals surface area contributed by atoms with Crippen LogP contribution >= 0.6 is 0 Å². The summed E-state index contributed by atoms with van der Waals surface area (Å²) in [6.07, 6.45) is 2.61. The summed E-state index contributed by atoms with van der Waals surface area (Å²) in [5, 5.41) is 9.76. The molecular formula is C29H33NO4. The number of aryl methyl sites for hydroxylation is 1. The number of ketones is 2. The zero-order valence-electron chi connectivity index (χ0n) is 19.9. The van der Waals surface area contributed by atoms with Crippen LogP contribution < -0.4 is 4.74 Å². The van der Waals surface area contributed by atoms with Gasteiger partial charge in [-0.05, 0) is 69.6 Å². The molecule has 0 saturated carbocycles. The summed E-state index contributed by atoms with van der Waals surface area (Å²) in [5.74, 6) is -0.245. The summed E-state index contributed by atoms with van der Waals surface area (Å²) in [6, 6.07) is 23.6. The molecule has 1 fully saturated rings. The van der Waals surface area contributed by atoms with Crippen LogP contribution in [0, 0.1) is 6.92 Å². The minimum atomic E-state index is -1.57. The van der Waals surface area contributed by atoms with E-state index in [1.165, 1.54) is 62.5 Å². The Morgan fingerprint density at radius 1 is 0.853 bits per heavy atom. The highest BCUT2D eigenvalue weighted by atomic mass is 16.6. The fourth-order valence-corrected chi connectivity index (χ4v) is 3.76. The molecular weight excluding hydrogens is 426 g/mol. The van der Waals surface area contributed by atoms with Crippen LogP contribution in [-0.2, 0) is 6.54 Å². The molecule has 0 aliphatic carbocycles. The summed E-state index contributed by atoms with van der Waals surface area (Å²) >= 11 is 0. The molecule has 0 aromatic heterocycles. The first kappa shape index (κ1) is 25.3. The lowest BCUT2D eigenvalue weighted by Crippen LogP contribution is -2.28. The average Bonchev–Trinajstić information content (AvgIpc) is 2.87. The first-order valence-electron chi connectivity index (χ1n) is 11.8. The second-order valence-electron chi connectivity index (χ2n) is 8.60. The predicted octanol–water partition coefficient (Wildman–Crippen LogP) is 5.45. The Morgan fingerprint density at radius 3 is 2.06 bits per heavy atom. The number of carbonyl (C=O) groups is 2. The fraction of sp³-hybridized carbons (Fsp3) is 0.310. The standard InChI is InChI=1S/C16H14O4.C13H19N/c1-11(17)12-7-9-14(10-8-12)20-16(19)15(18)13-5-3-2-4-6-13;1-12-5-7-13(8-6-12)11-14-9-3-2-4-10-14/h2-10,16,19H,1H3;5-8H,2-4,9-11H2,1H3. The van der Waals surface area contributed by atoms with Crippen molar-refractivity contribution in [3.8, 4) is 5.75 Å². The van der Waals surface area contributed by atoms with Gasteiger partial charge in [0.15, 0.2) is 5.78 Å². The number of hydrogen-bond donors (Lipinski definition) is 1. The second kappa shape index (κ2) is 12.8. The molecule has 3 aromatic rings. The van der Waals surface area contributed by atoms with E-state index < -0.39 is 12.1 Å². The molecule has 0 amide bonds. The van der Waals surface area contributed by atoms with Crippen LogP contribution in [0.1, 0.15) is 58.0 Å². The molecule has 0 bridgehead atoms. The van der Waals surface area contributed by atoms with Crippen LogP contribution in [0.5, 0.6) is 5.75 Å². The molecule has 178 valence electrons. The Balaban J connectivity index is 0.000000202. The molecule has 5 nitrogen and oxygen atoms in total. The minimum Gasteiger partial charge on any atom is -0.457 e. The Morgan fingerprint density at radius 2 is 1.47 bits per heavy atom. The van der Waals surface area contributed by atoms with Gasteiger partial charge in [-0.25, -0.2) is 0 Å². The maximum Gasteiger partial charge on any atom is 0.262 e. The van der Waals surface area contributed by atoms with Gasteiger partial charge in [-0.3, -0.25) is 14.5 Å². The van der Waals surface area contributed by atoms with Gasteiger partial charge in [-0.2, -0.15) is 0 Å². The summed E-state index contributed by atoms with van der Waals surface area (Å²) in [5.41, 5.74) is 3.73. The van der Waals surface area contributed by atoms with E-state index in [1.807, 2.05) is 0 Å². The third-order valence-corrected chi connectivity index (χ3v) is 5.77. The van der Waals surface area contributed by atoms with Crippen LogP contribution in [-0.4, -0.2) is 41.0 Å². The van der Waals surface area contributed by atoms with Crippen LogP contribution in [0.2, 0.25) is 0 Å². The number of rotatable bonds is 7. The molecule has 0 radical (unpaired) electrons. The van der Waals surface area contributed by atoms with Crippen molar-refractivity contribution in [1.29, 1.82) is 0 Å². The van der Waals surface area contributed by atoms with E-state index in [0.29, 0.717) is 16.9 Å². The van der Waals surface area contributed by atoms with Crippen molar-refractivity contribution in [3.05, 3.63) is 101 Å². The smallest absolute Gasteiger partial charge is 0.262 e. The fourth-order valence-electron chi connectivity index (χ4n) is 3.76. The van der Waals surface area contributed by atoms with Gasteiger partial charge in [0.25, 0.3) is 6.29 Å². The van der Waals surface area contributed by atoms with E-state index in [-0.39, 0.29) is 5.78 Å². The van der Waals surface area contributed by atoms with Gasteiger partial charge >= 0.3 is 0 Å². The SMILES string of the molecule is CC(=O)c1ccc(OC(O)C(=O)c2ccccc2)cc1.Cc1ccc(CN2CCCCC2)cc1. The number of aliphatic hydroxyl groups is 1. The van der Waals surface area contributed by atoms with E-state index in [1.54, 1.807) is 42.5 Å². The monoisotopic (exact) mass is 459 g/mol. The van der Waals surface area contributed by atoms with Gasteiger partial charge in [0, 0.05) is 17.7 Å². The Labute approximate surface area is 202 Å². The average molecular weight is 460 g/mol. The van der Waals surface area contributed by atoms with Crippen LogP contribution in [0.4, 0.5) is 0 Å². The molecule has 1 atom stereocenters. The van der Waals surface area contributed by atoms with E-state index in [9.17, 15) is 14.7 Å². The number of benzene rings is 3. The quantitative estimate of drug-likeness (QED) is 0.376. The number of hydrogen-bond acceptors (Lipinski definition) is 5. The summed E-state index contributed by atoms with van der Waals surface area (Å²) in [6.45, 7) is 7.32. The summed E-state index contributed by atoms with van der Waals surface area (Å²) in [4.78, 5) is 25.6. The highest BCUT2D eigenvalue weighted by molar-refractivity contribution is 5.98. The van der Waals surface area contributed by atoms with Crippen molar-refractivity contribution in [2.24, 2.45) is 0 Å². The van der Waals surface area contributed by atoms with Crippen molar-refractivity contribution < 1.29 is 19.4 Å². The number of Topliss-reactive ketones (excluding diaryl/α,β-unsaturated/α-hetero) is 2. The summed E-state index contributed by atoms with van der Waals surface area (Å²) < 4.78 is 5.16. The maximum atomic E-state index is 11.9. The van der Waals surface area contributed by atoms with Gasteiger partial charge in [0.1, 0.15) is 5.75 Å². The van der Waals surface area contributed by atoms with E-state index in [0.717, 1.165) is 6.54 Å². The second-order valence-corrected chi connectivity index (χ2v) is 8.60. The molecule has 5 heteroatoms. The Hall–Kier alpha value is -3.28.